The van der Waals surface area contributed by atoms with Gasteiger partial charge in [-0.3, -0.25) is 24.6 Å². The maximum Gasteiger partial charge on any atom is 0.255 e. The molecule has 0 aromatic heterocycles. The van der Waals surface area contributed by atoms with Crippen LogP contribution in [0.25, 0.3) is 0 Å². The molecule has 3 amide bonds. The summed E-state index contributed by atoms with van der Waals surface area (Å²) in [5.74, 6) is -0.494. The van der Waals surface area contributed by atoms with E-state index in [0.717, 1.165) is 43.9 Å². The molecule has 4 heterocycles. The molecule has 8 nitrogen and oxygen atoms in total. The molecule has 3 saturated heterocycles. The summed E-state index contributed by atoms with van der Waals surface area (Å²) in [6.45, 7) is 5.10. The van der Waals surface area contributed by atoms with Gasteiger partial charge in [0.25, 0.3) is 5.91 Å². The summed E-state index contributed by atoms with van der Waals surface area (Å²) in [5.41, 5.74) is 2.84. The summed E-state index contributed by atoms with van der Waals surface area (Å²) < 4.78 is 0. The highest BCUT2D eigenvalue weighted by Gasteiger charge is 2.50. The van der Waals surface area contributed by atoms with E-state index in [0.29, 0.717) is 24.4 Å². The first-order valence-electron chi connectivity index (χ1n) is 10.3. The highest BCUT2D eigenvalue weighted by atomic mass is 16.3. The van der Waals surface area contributed by atoms with E-state index in [1.165, 1.54) is 0 Å². The molecule has 4 aliphatic heterocycles. The average molecular weight is 398 g/mol. The van der Waals surface area contributed by atoms with Crippen molar-refractivity contribution in [2.75, 3.05) is 32.8 Å². The van der Waals surface area contributed by atoms with Crippen molar-refractivity contribution in [2.45, 2.75) is 32.0 Å². The van der Waals surface area contributed by atoms with Crippen LogP contribution in [0.1, 0.15) is 34.3 Å². The quantitative estimate of drug-likeness (QED) is 0.589. The number of likely N-dealkylation sites (tertiary alicyclic amines) is 1. The predicted octanol–water partition coefficient (Wildman–Crippen LogP) is -0.539. The third-order valence-electron chi connectivity index (χ3n) is 7.06. The summed E-state index contributed by atoms with van der Waals surface area (Å²) in [5, 5.41) is 15.4. The molecule has 154 valence electrons. The molecule has 4 aliphatic rings. The lowest BCUT2D eigenvalue weighted by Gasteiger charge is -2.43. The molecule has 2 unspecified atom stereocenters. The summed E-state index contributed by atoms with van der Waals surface area (Å²) in [6, 6.07) is 5.40. The predicted molar refractivity (Wildman–Crippen MR) is 104 cm³/mol. The molecule has 1 spiro atoms. The monoisotopic (exact) mass is 398 g/mol. The Bertz CT molecular complexity index is 881. The summed E-state index contributed by atoms with van der Waals surface area (Å²) in [4.78, 5) is 40.5. The zero-order valence-electron chi connectivity index (χ0n) is 16.3. The van der Waals surface area contributed by atoms with Gasteiger partial charge in [-0.05, 0) is 23.6 Å². The number of amides is 3. The lowest BCUT2D eigenvalue weighted by molar-refractivity contribution is -0.136. The van der Waals surface area contributed by atoms with Crippen LogP contribution in [0.3, 0.4) is 0 Å². The molecule has 0 bridgehead atoms. The number of hydrogen-bond acceptors (Lipinski definition) is 6. The van der Waals surface area contributed by atoms with Crippen molar-refractivity contribution < 1.29 is 19.5 Å². The number of imide groups is 1. The molecule has 8 heteroatoms. The number of carbonyl (C=O) groups is 3. The Hall–Kier alpha value is -2.29. The first-order valence-corrected chi connectivity index (χ1v) is 10.3. The number of hydrogen-bond donors (Lipinski definition) is 3. The van der Waals surface area contributed by atoms with Gasteiger partial charge in [-0.15, -0.1) is 0 Å². The Morgan fingerprint density at radius 3 is 2.69 bits per heavy atom. The minimum Gasteiger partial charge on any atom is -0.396 e. The van der Waals surface area contributed by atoms with Crippen LogP contribution in [0, 0.1) is 11.3 Å². The summed E-state index contributed by atoms with van der Waals surface area (Å²) in [6.07, 6.45) is 0.642. The van der Waals surface area contributed by atoms with Crippen LogP contribution in [-0.4, -0.2) is 71.5 Å². The van der Waals surface area contributed by atoms with E-state index in [1.54, 1.807) is 4.90 Å². The van der Waals surface area contributed by atoms with Crippen LogP contribution in [-0.2, 0) is 22.7 Å². The highest BCUT2D eigenvalue weighted by molar-refractivity contribution is 6.05. The lowest BCUT2D eigenvalue weighted by Crippen LogP contribution is -2.58. The number of carbonyl (C=O) groups excluding carboxylic acids is 3. The van der Waals surface area contributed by atoms with E-state index in [9.17, 15) is 19.5 Å². The molecule has 0 radical (unpaired) electrons. The van der Waals surface area contributed by atoms with Crippen molar-refractivity contribution >= 4 is 17.7 Å². The third kappa shape index (κ3) is 3.06. The largest absolute Gasteiger partial charge is 0.396 e. The van der Waals surface area contributed by atoms with Gasteiger partial charge in [0.2, 0.25) is 11.8 Å². The van der Waals surface area contributed by atoms with Crippen molar-refractivity contribution in [1.82, 2.24) is 20.4 Å². The van der Waals surface area contributed by atoms with Gasteiger partial charge in [0.1, 0.15) is 6.04 Å². The van der Waals surface area contributed by atoms with E-state index >= 15 is 0 Å². The maximum atomic E-state index is 13.0. The Balaban J connectivity index is 1.30. The van der Waals surface area contributed by atoms with E-state index in [1.807, 2.05) is 12.1 Å². The van der Waals surface area contributed by atoms with Gasteiger partial charge in [0, 0.05) is 69.2 Å². The Morgan fingerprint density at radius 2 is 2.03 bits per heavy atom. The third-order valence-corrected chi connectivity index (χ3v) is 7.06. The van der Waals surface area contributed by atoms with Crippen LogP contribution >= 0.6 is 0 Å². The number of rotatable bonds is 4. The van der Waals surface area contributed by atoms with Gasteiger partial charge in [0.15, 0.2) is 0 Å². The van der Waals surface area contributed by atoms with Crippen LogP contribution < -0.4 is 10.6 Å². The summed E-state index contributed by atoms with van der Waals surface area (Å²) in [7, 11) is 0. The number of nitrogens with one attached hydrogen (secondary N) is 2. The minimum absolute atomic E-state index is 0.134. The Morgan fingerprint density at radius 1 is 1.21 bits per heavy atom. The van der Waals surface area contributed by atoms with Gasteiger partial charge >= 0.3 is 0 Å². The molecule has 5 rings (SSSR count). The van der Waals surface area contributed by atoms with Crippen LogP contribution in [0.15, 0.2) is 18.2 Å². The fraction of sp³-hybridized carbons (Fsp3) is 0.571. The van der Waals surface area contributed by atoms with Gasteiger partial charge in [0.05, 0.1) is 0 Å². The van der Waals surface area contributed by atoms with E-state index in [4.69, 9.17) is 0 Å². The lowest BCUT2D eigenvalue weighted by atomic mass is 9.73. The van der Waals surface area contributed by atoms with Crippen molar-refractivity contribution in [3.05, 3.63) is 34.9 Å². The second-order valence-electron chi connectivity index (χ2n) is 8.91. The molecule has 3 fully saturated rings. The fourth-order valence-electron chi connectivity index (χ4n) is 5.32. The second-order valence-corrected chi connectivity index (χ2v) is 8.91. The smallest absolute Gasteiger partial charge is 0.255 e. The zero-order chi connectivity index (χ0) is 20.2. The van der Waals surface area contributed by atoms with Gasteiger partial charge in [-0.25, -0.2) is 0 Å². The number of piperidine rings is 1. The normalized spacial score (nSPS) is 28.6. The number of aliphatic hydroxyl groups excluding tert-OH is 1. The zero-order valence-corrected chi connectivity index (χ0v) is 16.3. The highest BCUT2D eigenvalue weighted by Crippen LogP contribution is 2.40. The Kier molecular flexibility index (Phi) is 4.45. The van der Waals surface area contributed by atoms with E-state index in [-0.39, 0.29) is 36.2 Å². The van der Waals surface area contributed by atoms with Gasteiger partial charge in [-0.1, -0.05) is 12.1 Å². The molecule has 1 aromatic carbocycles. The topological polar surface area (TPSA) is 102 Å². The molecule has 1 aromatic rings. The van der Waals surface area contributed by atoms with E-state index < -0.39 is 6.04 Å². The molecule has 3 N–H and O–H groups in total. The number of aliphatic hydroxyl groups is 1. The molecular weight excluding hydrogens is 372 g/mol. The Labute approximate surface area is 169 Å². The van der Waals surface area contributed by atoms with Crippen LogP contribution in [0.4, 0.5) is 0 Å². The molecule has 29 heavy (non-hydrogen) atoms. The maximum absolute atomic E-state index is 13.0. The molecule has 2 atom stereocenters. The molecule has 0 aliphatic carbocycles. The molecule has 0 saturated carbocycles. The van der Waals surface area contributed by atoms with Crippen LogP contribution in [0.2, 0.25) is 0 Å². The molecular formula is C21H26N4O4. The van der Waals surface area contributed by atoms with Crippen molar-refractivity contribution in [2.24, 2.45) is 11.3 Å². The van der Waals surface area contributed by atoms with Gasteiger partial charge in [-0.2, -0.15) is 0 Å². The fourth-order valence-corrected chi connectivity index (χ4v) is 5.32. The van der Waals surface area contributed by atoms with E-state index in [2.05, 4.69) is 21.6 Å². The first-order chi connectivity index (χ1) is 14.0. The first kappa shape index (κ1) is 18.7. The second kappa shape index (κ2) is 6.90. The number of nitrogens with zero attached hydrogens (tertiary/aromatic N) is 2. The summed E-state index contributed by atoms with van der Waals surface area (Å²) >= 11 is 0. The van der Waals surface area contributed by atoms with Crippen molar-refractivity contribution in [3.63, 3.8) is 0 Å². The average Bonchev–Trinajstić information content (AvgIpc) is 3.20. The SMILES string of the molecule is O=C1CCC(N2Cc3ccc(CN4CC(CO)C5(CNC5)C4)cc3C2=O)C(=O)N1. The van der Waals surface area contributed by atoms with Crippen LogP contribution in [0.5, 0.6) is 0 Å². The van der Waals surface area contributed by atoms with Crippen molar-refractivity contribution in [3.8, 4) is 0 Å². The number of fused-ring (bicyclic) bond motifs is 1. The minimum atomic E-state index is -0.578. The number of benzene rings is 1. The van der Waals surface area contributed by atoms with Crippen molar-refractivity contribution in [1.29, 1.82) is 0 Å². The standard InChI is InChI=1S/C21H26N4O4/c26-9-15-8-24(12-21(15)10-22-11-21)6-13-1-2-14-7-25(20(29)16(14)5-13)17-3-4-18(27)23-19(17)28/h1-2,5,15,17,22,26H,3-4,6-12H2,(H,23,27,28). The van der Waals surface area contributed by atoms with Gasteiger partial charge < -0.3 is 15.3 Å².